The first-order valence-corrected chi connectivity index (χ1v) is 10.7. The topological polar surface area (TPSA) is 40.5 Å². The van der Waals surface area contributed by atoms with Gasteiger partial charge in [0, 0.05) is 21.7 Å². The van der Waals surface area contributed by atoms with E-state index in [9.17, 15) is 10.2 Å². The van der Waals surface area contributed by atoms with E-state index >= 15 is 0 Å². The van der Waals surface area contributed by atoms with E-state index in [-0.39, 0.29) is 27.1 Å². The molecule has 2 aromatic rings. The smallest absolute Gasteiger partial charge is 0.119 e. The van der Waals surface area contributed by atoms with Gasteiger partial charge in [-0.25, -0.2) is 5.57 Å². The van der Waals surface area contributed by atoms with E-state index in [1.807, 2.05) is 36.4 Å². The van der Waals surface area contributed by atoms with Crippen molar-refractivity contribution in [1.82, 2.24) is 0 Å². The summed E-state index contributed by atoms with van der Waals surface area (Å²) < 4.78 is 0. The average Bonchev–Trinajstić information content (AvgIpc) is 2.84. The summed E-state index contributed by atoms with van der Waals surface area (Å²) >= 11 is 0. The third-order valence-corrected chi connectivity index (χ3v) is 5.68. The summed E-state index contributed by atoms with van der Waals surface area (Å²) in [7, 11) is 0. The summed E-state index contributed by atoms with van der Waals surface area (Å²) in [5.41, 5.74) is 6.43. The Kier molecular flexibility index (Phi) is 12.2. The first-order chi connectivity index (χ1) is 13.9. The van der Waals surface area contributed by atoms with E-state index in [0.717, 1.165) is 11.1 Å². The van der Waals surface area contributed by atoms with Crippen LogP contribution >= 0.6 is 0 Å². The van der Waals surface area contributed by atoms with Crippen LogP contribution in [0.4, 0.5) is 0 Å². The minimum Gasteiger partial charge on any atom is -0.508 e. The average molecular weight is 455 g/mol. The molecule has 31 heavy (non-hydrogen) atoms. The molecule has 0 saturated heterocycles. The van der Waals surface area contributed by atoms with Crippen LogP contribution in [0.15, 0.2) is 65.3 Å². The van der Waals surface area contributed by atoms with E-state index in [0.29, 0.717) is 23.3 Å². The second-order valence-corrected chi connectivity index (χ2v) is 9.05. The molecule has 1 aliphatic rings. The van der Waals surface area contributed by atoms with Crippen LogP contribution in [-0.4, -0.2) is 10.2 Å². The number of phenols is 2. The molecule has 168 valence electrons. The van der Waals surface area contributed by atoms with Crippen LogP contribution in [0.3, 0.4) is 0 Å². The van der Waals surface area contributed by atoms with Gasteiger partial charge in [0.15, 0.2) is 0 Å². The fourth-order valence-electron chi connectivity index (χ4n) is 3.36. The largest absolute Gasteiger partial charge is 0.508 e. The molecule has 0 bridgehead atoms. The number of allylic oxidation sites excluding steroid dienone is 4. The second kappa shape index (κ2) is 12.9. The number of rotatable bonds is 2. The van der Waals surface area contributed by atoms with Crippen molar-refractivity contribution >= 4 is 0 Å². The monoisotopic (exact) mass is 455 g/mol. The number of aromatic hydroxyl groups is 2. The minimum atomic E-state index is 0. The van der Waals surface area contributed by atoms with E-state index in [2.05, 4.69) is 68.4 Å². The van der Waals surface area contributed by atoms with Gasteiger partial charge in [0.2, 0.25) is 0 Å². The van der Waals surface area contributed by atoms with Crippen LogP contribution in [0.25, 0.3) is 0 Å². The molecule has 0 spiro atoms. The van der Waals surface area contributed by atoms with Crippen LogP contribution in [0.1, 0.15) is 85.3 Å². The molecule has 0 aliphatic heterocycles. The van der Waals surface area contributed by atoms with E-state index in [1.165, 1.54) is 16.7 Å². The molecule has 0 atom stereocenters. The molecule has 0 unspecified atom stereocenters. The van der Waals surface area contributed by atoms with Gasteiger partial charge in [0.25, 0.3) is 0 Å². The van der Waals surface area contributed by atoms with Gasteiger partial charge < -0.3 is 10.2 Å². The summed E-state index contributed by atoms with van der Waals surface area (Å²) in [5, 5.41) is 18.6. The third kappa shape index (κ3) is 8.71. The van der Waals surface area contributed by atoms with Gasteiger partial charge in [-0.05, 0) is 35.1 Å². The van der Waals surface area contributed by atoms with E-state index in [4.69, 9.17) is 0 Å². The number of hydrogen-bond acceptors (Lipinski definition) is 2. The quantitative estimate of drug-likeness (QED) is 0.354. The van der Waals surface area contributed by atoms with Crippen molar-refractivity contribution in [2.24, 2.45) is 5.41 Å². The molecular formula is C28H39O2Ti-. The summed E-state index contributed by atoms with van der Waals surface area (Å²) in [5.74, 6) is 1.61. The second-order valence-electron chi connectivity index (χ2n) is 9.05. The zero-order chi connectivity index (χ0) is 23.1. The summed E-state index contributed by atoms with van der Waals surface area (Å²) in [6.45, 7) is 19.2. The molecule has 1 aliphatic carbocycles. The van der Waals surface area contributed by atoms with Crippen LogP contribution in [-0.2, 0) is 21.7 Å². The Morgan fingerprint density at radius 3 is 1.23 bits per heavy atom. The molecule has 2 N–H and O–H groups in total. The fourth-order valence-corrected chi connectivity index (χ4v) is 3.36. The van der Waals surface area contributed by atoms with Crippen LogP contribution in [0.5, 0.6) is 11.5 Å². The first kappa shape index (κ1) is 29.2. The summed E-state index contributed by atoms with van der Waals surface area (Å²) in [4.78, 5) is 0. The Balaban J connectivity index is 0.000000429. The maximum absolute atomic E-state index is 9.28. The Morgan fingerprint density at radius 2 is 1.06 bits per heavy atom. The molecule has 0 radical (unpaired) electrons. The molecule has 0 heterocycles. The number of para-hydroxylation sites is 2. The molecular weight excluding hydrogens is 416 g/mol. The molecule has 0 saturated carbocycles. The van der Waals surface area contributed by atoms with Crippen molar-refractivity contribution in [2.75, 3.05) is 0 Å². The van der Waals surface area contributed by atoms with Crippen molar-refractivity contribution in [3.8, 4) is 11.5 Å². The van der Waals surface area contributed by atoms with Crippen LogP contribution < -0.4 is 0 Å². The molecule has 2 nitrogen and oxygen atoms in total. The normalized spacial score (nSPS) is 14.2. The van der Waals surface area contributed by atoms with Gasteiger partial charge in [-0.3, -0.25) is 6.08 Å². The zero-order valence-corrected chi connectivity index (χ0v) is 22.2. The SMILES string of the molecule is CC(C)c1ccccc1O.CC(C)c1ccccc1O.CC1=[C-]C(C)(C)C(C)=C1C.[Ti]. The van der Waals surface area contributed by atoms with Gasteiger partial charge in [0.05, 0.1) is 0 Å². The van der Waals surface area contributed by atoms with Gasteiger partial charge in [-0.2, -0.15) is 11.1 Å². The zero-order valence-electron chi connectivity index (χ0n) is 20.7. The number of phenolic OH excluding ortho intramolecular Hbond substituents is 2. The molecule has 0 fully saturated rings. The summed E-state index contributed by atoms with van der Waals surface area (Å²) in [6.07, 6.45) is 3.44. The van der Waals surface area contributed by atoms with Crippen LogP contribution in [0, 0.1) is 11.5 Å². The van der Waals surface area contributed by atoms with Crippen LogP contribution in [0.2, 0.25) is 0 Å². The maximum atomic E-state index is 9.28. The third-order valence-electron chi connectivity index (χ3n) is 5.68. The maximum Gasteiger partial charge on any atom is 0.119 e. The molecule has 3 heteroatoms. The molecule has 0 amide bonds. The van der Waals surface area contributed by atoms with Gasteiger partial charge in [-0.15, -0.1) is 6.92 Å². The van der Waals surface area contributed by atoms with Crippen molar-refractivity contribution in [3.05, 3.63) is 82.5 Å². The Hall–Kier alpha value is -1.77. The first-order valence-electron chi connectivity index (χ1n) is 10.7. The Morgan fingerprint density at radius 1 is 0.710 bits per heavy atom. The van der Waals surface area contributed by atoms with Gasteiger partial charge >= 0.3 is 0 Å². The standard InChI is InChI=1S/C10H15.2C9H12O.Ti/c1-7-6-10(4,5)9(3)8(7)2;2*1-7(2)8-5-3-4-6-9(8)10;/h1-5H3;2*3-7,10H,1-2H3;/q-1;;;. The molecule has 3 rings (SSSR count). The number of benzene rings is 2. The van der Waals surface area contributed by atoms with E-state index < -0.39 is 0 Å². The number of hydrogen-bond donors (Lipinski definition) is 2. The fraction of sp³-hybridized carbons (Fsp3) is 0.429. The summed E-state index contributed by atoms with van der Waals surface area (Å²) in [6, 6.07) is 14.9. The van der Waals surface area contributed by atoms with Crippen molar-refractivity contribution in [3.63, 3.8) is 0 Å². The minimum absolute atomic E-state index is 0. The Labute approximate surface area is 205 Å². The predicted octanol–water partition coefficient (Wildman–Crippen LogP) is 8.14. The van der Waals surface area contributed by atoms with Gasteiger partial charge in [-0.1, -0.05) is 97.2 Å². The Bertz CT molecular complexity index is 840. The van der Waals surface area contributed by atoms with E-state index in [1.54, 1.807) is 12.1 Å². The molecule has 2 aromatic carbocycles. The van der Waals surface area contributed by atoms with Gasteiger partial charge in [0.1, 0.15) is 11.5 Å². The van der Waals surface area contributed by atoms with Crippen molar-refractivity contribution < 1.29 is 31.9 Å². The van der Waals surface area contributed by atoms with Crippen molar-refractivity contribution in [2.45, 2.75) is 74.1 Å². The van der Waals surface area contributed by atoms with Crippen molar-refractivity contribution in [1.29, 1.82) is 0 Å². The molecule has 0 aromatic heterocycles. The predicted molar refractivity (Wildman–Crippen MR) is 129 cm³/mol.